The van der Waals surface area contributed by atoms with Crippen LogP contribution in [0.15, 0.2) is 56.8 Å². The number of hydrogen-bond acceptors (Lipinski definition) is 5. The van der Waals surface area contributed by atoms with Gasteiger partial charge in [0.05, 0.1) is 11.4 Å². The minimum absolute atomic E-state index is 0.216. The van der Waals surface area contributed by atoms with Crippen LogP contribution in [-0.2, 0) is 10.0 Å². The van der Waals surface area contributed by atoms with Crippen molar-refractivity contribution in [3.8, 4) is 11.3 Å². The number of anilines is 1. The van der Waals surface area contributed by atoms with Crippen LogP contribution in [0.4, 0.5) is 5.69 Å². The molecule has 0 saturated heterocycles. The maximum Gasteiger partial charge on any atom is 0.273 e. The third-order valence-corrected chi connectivity index (χ3v) is 6.76. The molecule has 1 aromatic carbocycles. The molecule has 3 aromatic rings. The first kappa shape index (κ1) is 16.4. The Hall–Kier alpha value is -2.45. The molecule has 0 atom stereocenters. The fourth-order valence-corrected chi connectivity index (χ4v) is 4.66. The van der Waals surface area contributed by atoms with E-state index in [1.807, 2.05) is 19.1 Å². The monoisotopic (exact) mass is 361 g/mol. The number of aryl methyl sites for hydroxylation is 1. The van der Waals surface area contributed by atoms with Gasteiger partial charge in [-0.3, -0.25) is 9.10 Å². The zero-order chi connectivity index (χ0) is 17.3. The number of rotatable bonds is 4. The average molecular weight is 361 g/mol. The van der Waals surface area contributed by atoms with Crippen molar-refractivity contribution in [2.24, 2.45) is 0 Å². The van der Waals surface area contributed by atoms with Crippen LogP contribution in [0.5, 0.6) is 0 Å². The summed E-state index contributed by atoms with van der Waals surface area (Å²) in [7, 11) is -2.12. The summed E-state index contributed by atoms with van der Waals surface area (Å²) in [6.45, 7) is 1.95. The number of nitrogens with zero attached hydrogens (tertiary/aromatic N) is 2. The number of nitrogens with one attached hydrogen (secondary N) is 1. The molecule has 0 unspecified atom stereocenters. The zero-order valence-corrected chi connectivity index (χ0v) is 14.7. The Kier molecular flexibility index (Phi) is 4.25. The second kappa shape index (κ2) is 6.21. The predicted molar refractivity (Wildman–Crippen MR) is 94.9 cm³/mol. The molecule has 0 bridgehead atoms. The molecule has 124 valence electrons. The molecule has 0 aliphatic heterocycles. The molecular weight excluding hydrogens is 346 g/mol. The second-order valence-electron chi connectivity index (χ2n) is 5.27. The topological polar surface area (TPSA) is 83.1 Å². The molecule has 0 amide bonds. The van der Waals surface area contributed by atoms with Gasteiger partial charge in [-0.2, -0.15) is 5.10 Å². The Morgan fingerprint density at radius 1 is 1.12 bits per heavy atom. The maximum atomic E-state index is 12.8. The summed E-state index contributed by atoms with van der Waals surface area (Å²) in [5.41, 5.74) is 2.52. The largest absolute Gasteiger partial charge is 0.273 e. The summed E-state index contributed by atoms with van der Waals surface area (Å²) in [6.07, 6.45) is 0. The number of benzene rings is 1. The van der Waals surface area contributed by atoms with Crippen LogP contribution in [0.1, 0.15) is 5.56 Å². The Balaban J connectivity index is 1.94. The van der Waals surface area contributed by atoms with Gasteiger partial charge in [0.25, 0.3) is 15.6 Å². The Bertz CT molecular complexity index is 1000. The summed E-state index contributed by atoms with van der Waals surface area (Å²) in [6, 6.07) is 11.7. The van der Waals surface area contributed by atoms with E-state index in [9.17, 15) is 13.2 Å². The highest BCUT2D eigenvalue weighted by Gasteiger charge is 2.23. The van der Waals surface area contributed by atoms with E-state index in [-0.39, 0.29) is 9.77 Å². The lowest BCUT2D eigenvalue weighted by Gasteiger charge is -2.18. The lowest BCUT2D eigenvalue weighted by atomic mass is 10.2. The van der Waals surface area contributed by atoms with Crippen molar-refractivity contribution in [2.75, 3.05) is 11.4 Å². The third kappa shape index (κ3) is 3.10. The fourth-order valence-electron chi connectivity index (χ4n) is 2.12. The van der Waals surface area contributed by atoms with Crippen LogP contribution in [0, 0.1) is 6.92 Å². The first-order valence-electron chi connectivity index (χ1n) is 7.08. The first-order chi connectivity index (χ1) is 11.4. The van der Waals surface area contributed by atoms with Gasteiger partial charge in [-0.05, 0) is 31.2 Å². The minimum atomic E-state index is -3.65. The standard InChI is InChI=1S/C16H15N3O3S2/c1-11-3-5-13(6-4-11)19(2)24(21,22)16-9-12(10-23-16)14-7-8-15(20)18-17-14/h3-10H,1-2H3,(H,18,20). The van der Waals surface area contributed by atoms with Crippen LogP contribution in [0.3, 0.4) is 0 Å². The van der Waals surface area contributed by atoms with E-state index >= 15 is 0 Å². The average Bonchev–Trinajstić information content (AvgIpc) is 3.06. The van der Waals surface area contributed by atoms with E-state index in [0.29, 0.717) is 16.9 Å². The molecule has 24 heavy (non-hydrogen) atoms. The summed E-state index contributed by atoms with van der Waals surface area (Å²) in [5.74, 6) is 0. The SMILES string of the molecule is Cc1ccc(N(C)S(=O)(=O)c2cc(-c3ccc(=O)[nH]n3)cs2)cc1. The summed E-state index contributed by atoms with van der Waals surface area (Å²) < 4.78 is 27.0. The summed E-state index contributed by atoms with van der Waals surface area (Å²) in [4.78, 5) is 11.1. The lowest BCUT2D eigenvalue weighted by molar-refractivity contribution is 0.596. The number of thiophene rings is 1. The molecule has 2 aromatic heterocycles. The molecule has 0 radical (unpaired) electrons. The van der Waals surface area contributed by atoms with Gasteiger partial charge < -0.3 is 0 Å². The number of H-pyrrole nitrogens is 1. The van der Waals surface area contributed by atoms with Gasteiger partial charge in [0.1, 0.15) is 4.21 Å². The van der Waals surface area contributed by atoms with Crippen molar-refractivity contribution >= 4 is 27.0 Å². The molecule has 0 spiro atoms. The molecule has 0 aliphatic carbocycles. The van der Waals surface area contributed by atoms with E-state index in [2.05, 4.69) is 10.2 Å². The van der Waals surface area contributed by atoms with Gasteiger partial charge >= 0.3 is 0 Å². The van der Waals surface area contributed by atoms with Crippen LogP contribution >= 0.6 is 11.3 Å². The Morgan fingerprint density at radius 2 is 1.83 bits per heavy atom. The van der Waals surface area contributed by atoms with Gasteiger partial charge in [-0.25, -0.2) is 13.5 Å². The highest BCUT2D eigenvalue weighted by Crippen LogP contribution is 2.30. The summed E-state index contributed by atoms with van der Waals surface area (Å²) in [5, 5.41) is 7.96. The van der Waals surface area contributed by atoms with Crippen LogP contribution in [0.25, 0.3) is 11.3 Å². The highest BCUT2D eigenvalue weighted by atomic mass is 32.2. The van der Waals surface area contributed by atoms with Crippen molar-refractivity contribution < 1.29 is 8.42 Å². The number of sulfonamides is 1. The van der Waals surface area contributed by atoms with Crippen molar-refractivity contribution in [1.82, 2.24) is 10.2 Å². The van der Waals surface area contributed by atoms with Gasteiger partial charge in [0.2, 0.25) is 0 Å². The maximum absolute atomic E-state index is 12.8. The number of aromatic amines is 1. The van der Waals surface area contributed by atoms with Crippen molar-refractivity contribution in [2.45, 2.75) is 11.1 Å². The normalized spacial score (nSPS) is 11.4. The molecule has 0 fully saturated rings. The molecule has 6 nitrogen and oxygen atoms in total. The van der Waals surface area contributed by atoms with Gasteiger partial charge in [-0.1, -0.05) is 17.7 Å². The molecular formula is C16H15N3O3S2. The van der Waals surface area contributed by atoms with Crippen LogP contribution < -0.4 is 9.86 Å². The first-order valence-corrected chi connectivity index (χ1v) is 9.40. The zero-order valence-electron chi connectivity index (χ0n) is 13.1. The Morgan fingerprint density at radius 3 is 2.46 bits per heavy atom. The summed E-state index contributed by atoms with van der Waals surface area (Å²) >= 11 is 1.12. The quantitative estimate of drug-likeness (QED) is 0.774. The van der Waals surface area contributed by atoms with Crippen LogP contribution in [-0.4, -0.2) is 25.7 Å². The molecule has 3 rings (SSSR count). The predicted octanol–water partition coefficient (Wildman–Crippen LogP) is 2.63. The van der Waals surface area contributed by atoms with E-state index < -0.39 is 10.0 Å². The molecule has 2 heterocycles. The second-order valence-corrected chi connectivity index (χ2v) is 8.38. The van der Waals surface area contributed by atoms with Gasteiger partial charge in [-0.15, -0.1) is 11.3 Å². The minimum Gasteiger partial charge on any atom is -0.269 e. The molecule has 0 aliphatic rings. The van der Waals surface area contributed by atoms with Crippen molar-refractivity contribution in [1.29, 1.82) is 0 Å². The smallest absolute Gasteiger partial charge is 0.269 e. The number of aromatic nitrogens is 2. The molecule has 0 saturated carbocycles. The van der Waals surface area contributed by atoms with E-state index in [1.54, 1.807) is 29.6 Å². The lowest BCUT2D eigenvalue weighted by Crippen LogP contribution is -2.25. The van der Waals surface area contributed by atoms with Gasteiger partial charge in [0.15, 0.2) is 0 Å². The van der Waals surface area contributed by atoms with Crippen molar-refractivity contribution in [3.63, 3.8) is 0 Å². The third-order valence-electron chi connectivity index (χ3n) is 3.56. The van der Waals surface area contributed by atoms with Crippen LogP contribution in [0.2, 0.25) is 0 Å². The van der Waals surface area contributed by atoms with E-state index in [4.69, 9.17) is 0 Å². The highest BCUT2D eigenvalue weighted by molar-refractivity contribution is 7.94. The Labute approximate surface area is 143 Å². The van der Waals surface area contributed by atoms with Crippen molar-refractivity contribution in [3.05, 3.63) is 63.8 Å². The molecule has 8 heteroatoms. The van der Waals surface area contributed by atoms with E-state index in [0.717, 1.165) is 16.9 Å². The van der Waals surface area contributed by atoms with Gasteiger partial charge in [0, 0.05) is 24.1 Å². The number of hydrogen-bond donors (Lipinski definition) is 1. The van der Waals surface area contributed by atoms with E-state index in [1.165, 1.54) is 17.4 Å². The molecule has 1 N–H and O–H groups in total. The fraction of sp³-hybridized carbons (Fsp3) is 0.125.